The van der Waals surface area contributed by atoms with E-state index < -0.39 is 16.2 Å². The molecule has 0 aliphatic heterocycles. The molecule has 0 spiro atoms. The van der Waals surface area contributed by atoms with Crippen molar-refractivity contribution in [3.8, 4) is 0 Å². The van der Waals surface area contributed by atoms with Crippen molar-refractivity contribution in [3.63, 3.8) is 0 Å². The molecule has 0 bridgehead atoms. The van der Waals surface area contributed by atoms with Gasteiger partial charge in [0.1, 0.15) is 0 Å². The van der Waals surface area contributed by atoms with E-state index in [2.05, 4.69) is 4.98 Å². The lowest BCUT2D eigenvalue weighted by molar-refractivity contribution is -0.384. The number of nitro benzene ring substituents is 1. The van der Waals surface area contributed by atoms with Crippen LogP contribution >= 0.6 is 12.4 Å². The zero-order chi connectivity index (χ0) is 11.0. The molecule has 1 aromatic heterocycles. The van der Waals surface area contributed by atoms with Gasteiger partial charge in [-0.3, -0.25) is 19.9 Å². The van der Waals surface area contributed by atoms with Crippen LogP contribution in [0, 0.1) is 10.1 Å². The van der Waals surface area contributed by atoms with Gasteiger partial charge in [0.25, 0.3) is 11.2 Å². The number of halogens is 1. The number of hydrogen-bond donors (Lipinski definition) is 2. The van der Waals surface area contributed by atoms with E-state index in [1.165, 1.54) is 12.1 Å². The molecule has 84 valence electrons. The van der Waals surface area contributed by atoms with Crippen LogP contribution in [0.1, 0.15) is 0 Å². The average molecular weight is 244 g/mol. The van der Waals surface area contributed by atoms with Gasteiger partial charge in [-0.1, -0.05) is 0 Å². The molecular formula is C8H6ClN3O4. The molecule has 16 heavy (non-hydrogen) atoms. The lowest BCUT2D eigenvalue weighted by Gasteiger charge is -1.95. The van der Waals surface area contributed by atoms with Crippen molar-refractivity contribution in [1.82, 2.24) is 9.97 Å². The highest BCUT2D eigenvalue weighted by atomic mass is 35.5. The molecule has 0 aliphatic rings. The second-order valence-corrected chi connectivity index (χ2v) is 2.90. The van der Waals surface area contributed by atoms with Crippen LogP contribution in [0.25, 0.3) is 10.9 Å². The van der Waals surface area contributed by atoms with Gasteiger partial charge in [0.15, 0.2) is 0 Å². The first-order valence-electron chi connectivity index (χ1n) is 3.99. The number of aromatic nitrogens is 2. The van der Waals surface area contributed by atoms with Gasteiger partial charge in [-0.25, -0.2) is 4.79 Å². The minimum Gasteiger partial charge on any atom is -0.307 e. The van der Waals surface area contributed by atoms with Crippen molar-refractivity contribution in [2.24, 2.45) is 0 Å². The average Bonchev–Trinajstić information content (AvgIpc) is 2.16. The van der Waals surface area contributed by atoms with Crippen molar-refractivity contribution in [2.75, 3.05) is 0 Å². The maximum Gasteiger partial charge on any atom is 0.326 e. The Labute approximate surface area is 93.7 Å². The monoisotopic (exact) mass is 243 g/mol. The third-order valence-electron chi connectivity index (χ3n) is 1.93. The number of rotatable bonds is 1. The van der Waals surface area contributed by atoms with Gasteiger partial charge in [-0.05, 0) is 6.07 Å². The quantitative estimate of drug-likeness (QED) is 0.563. The number of H-pyrrole nitrogens is 2. The zero-order valence-corrected chi connectivity index (χ0v) is 8.54. The van der Waals surface area contributed by atoms with Gasteiger partial charge in [0.05, 0.1) is 15.8 Å². The van der Waals surface area contributed by atoms with Gasteiger partial charge >= 0.3 is 5.69 Å². The van der Waals surface area contributed by atoms with E-state index in [0.717, 1.165) is 6.07 Å². The maximum absolute atomic E-state index is 11.3. The van der Waals surface area contributed by atoms with E-state index in [-0.39, 0.29) is 29.0 Å². The highest BCUT2D eigenvalue weighted by molar-refractivity contribution is 5.85. The van der Waals surface area contributed by atoms with Gasteiger partial charge in [0.2, 0.25) is 0 Å². The van der Waals surface area contributed by atoms with Crippen LogP contribution in [0.3, 0.4) is 0 Å². The number of nitrogens with one attached hydrogen (secondary N) is 2. The van der Waals surface area contributed by atoms with E-state index >= 15 is 0 Å². The van der Waals surface area contributed by atoms with E-state index in [0.29, 0.717) is 0 Å². The maximum atomic E-state index is 11.3. The van der Waals surface area contributed by atoms with Crippen LogP contribution < -0.4 is 11.2 Å². The summed E-state index contributed by atoms with van der Waals surface area (Å²) in [5, 5.41) is 10.5. The van der Waals surface area contributed by atoms with E-state index in [1.54, 1.807) is 0 Å². The van der Waals surface area contributed by atoms with Crippen molar-refractivity contribution < 1.29 is 4.92 Å². The highest BCUT2D eigenvalue weighted by Gasteiger charge is 2.08. The number of nitro groups is 1. The van der Waals surface area contributed by atoms with Gasteiger partial charge in [-0.15, -0.1) is 12.4 Å². The Balaban J connectivity index is 0.00000128. The molecule has 1 heterocycles. The third-order valence-corrected chi connectivity index (χ3v) is 1.93. The molecule has 0 atom stereocenters. The Hall–Kier alpha value is -2.15. The van der Waals surface area contributed by atoms with Crippen molar-refractivity contribution >= 4 is 29.0 Å². The zero-order valence-electron chi connectivity index (χ0n) is 7.72. The van der Waals surface area contributed by atoms with E-state index in [1.807, 2.05) is 4.98 Å². The number of hydrogen-bond acceptors (Lipinski definition) is 4. The Morgan fingerprint density at radius 3 is 2.50 bits per heavy atom. The molecule has 0 fully saturated rings. The first-order valence-corrected chi connectivity index (χ1v) is 3.99. The SMILES string of the molecule is Cl.O=c1[nH]c(=O)c2cc([N+](=O)[O-])ccc2[nH]1. The first-order chi connectivity index (χ1) is 7.08. The molecule has 0 saturated carbocycles. The van der Waals surface area contributed by atoms with Crippen LogP contribution in [0.5, 0.6) is 0 Å². The summed E-state index contributed by atoms with van der Waals surface area (Å²) in [5.74, 6) is 0. The fourth-order valence-electron chi connectivity index (χ4n) is 1.27. The van der Waals surface area contributed by atoms with Gasteiger partial charge in [0, 0.05) is 12.1 Å². The fourth-order valence-corrected chi connectivity index (χ4v) is 1.27. The van der Waals surface area contributed by atoms with Crippen LogP contribution in [0.15, 0.2) is 27.8 Å². The van der Waals surface area contributed by atoms with E-state index in [4.69, 9.17) is 0 Å². The van der Waals surface area contributed by atoms with Gasteiger partial charge in [-0.2, -0.15) is 0 Å². The van der Waals surface area contributed by atoms with Gasteiger partial charge < -0.3 is 4.98 Å². The molecule has 2 rings (SSSR count). The molecule has 8 heteroatoms. The summed E-state index contributed by atoms with van der Waals surface area (Å²) in [5.41, 5.74) is -1.20. The summed E-state index contributed by atoms with van der Waals surface area (Å²) in [6.07, 6.45) is 0. The number of non-ortho nitro benzene ring substituents is 1. The summed E-state index contributed by atoms with van der Waals surface area (Å²) >= 11 is 0. The minimum atomic E-state index is -0.641. The van der Waals surface area contributed by atoms with Crippen LogP contribution in [0.2, 0.25) is 0 Å². The largest absolute Gasteiger partial charge is 0.326 e. The minimum absolute atomic E-state index is 0. The Kier molecular flexibility index (Phi) is 3.09. The number of nitrogens with zero attached hydrogens (tertiary/aromatic N) is 1. The second-order valence-electron chi connectivity index (χ2n) is 2.90. The summed E-state index contributed by atoms with van der Waals surface area (Å²) < 4.78 is 0. The molecule has 0 saturated heterocycles. The molecule has 0 unspecified atom stereocenters. The standard InChI is InChI=1S/C8H5N3O4.ClH/c12-7-5-3-4(11(14)15)1-2-6(5)9-8(13)10-7;/h1-3H,(H2,9,10,12,13);1H. The van der Waals surface area contributed by atoms with Crippen LogP contribution in [0.4, 0.5) is 5.69 Å². The first kappa shape index (κ1) is 11.9. The van der Waals surface area contributed by atoms with Crippen molar-refractivity contribution in [2.45, 2.75) is 0 Å². The molecule has 0 radical (unpaired) electrons. The summed E-state index contributed by atoms with van der Waals surface area (Å²) in [4.78, 5) is 36.3. The number of fused-ring (bicyclic) bond motifs is 1. The third kappa shape index (κ3) is 1.94. The van der Waals surface area contributed by atoms with Crippen molar-refractivity contribution in [1.29, 1.82) is 0 Å². The molecule has 7 nitrogen and oxygen atoms in total. The predicted octanol–water partition coefficient (Wildman–Crippen LogP) is 0.546. The topological polar surface area (TPSA) is 109 Å². The number of benzene rings is 1. The van der Waals surface area contributed by atoms with Crippen LogP contribution in [-0.4, -0.2) is 14.9 Å². The fraction of sp³-hybridized carbons (Fsp3) is 0. The second kappa shape index (κ2) is 4.15. The van der Waals surface area contributed by atoms with Crippen LogP contribution in [-0.2, 0) is 0 Å². The summed E-state index contributed by atoms with van der Waals surface area (Å²) in [7, 11) is 0. The molecule has 0 aliphatic carbocycles. The Bertz CT molecular complexity index is 660. The number of aromatic amines is 2. The molecule has 0 amide bonds. The normalized spacial score (nSPS) is 9.75. The molecular weight excluding hydrogens is 238 g/mol. The Morgan fingerprint density at radius 2 is 1.88 bits per heavy atom. The summed E-state index contributed by atoms with van der Waals surface area (Å²) in [6.45, 7) is 0. The van der Waals surface area contributed by atoms with Crippen molar-refractivity contribution in [3.05, 3.63) is 49.2 Å². The molecule has 2 N–H and O–H groups in total. The lowest BCUT2D eigenvalue weighted by atomic mass is 10.2. The molecule has 2 aromatic rings. The Morgan fingerprint density at radius 1 is 1.19 bits per heavy atom. The highest BCUT2D eigenvalue weighted by Crippen LogP contribution is 2.14. The smallest absolute Gasteiger partial charge is 0.307 e. The predicted molar refractivity (Wildman–Crippen MR) is 59.1 cm³/mol. The summed E-state index contributed by atoms with van der Waals surface area (Å²) in [6, 6.07) is 3.66. The lowest BCUT2D eigenvalue weighted by Crippen LogP contribution is -2.21. The van der Waals surface area contributed by atoms with E-state index in [9.17, 15) is 19.7 Å². The molecule has 1 aromatic carbocycles.